The first-order valence-corrected chi connectivity index (χ1v) is 7.73. The first-order chi connectivity index (χ1) is 8.39. The van der Waals surface area contributed by atoms with Crippen molar-refractivity contribution in [2.75, 3.05) is 25.1 Å². The van der Waals surface area contributed by atoms with Crippen LogP contribution in [0.1, 0.15) is 24.3 Å². The Bertz CT molecular complexity index is 517. The van der Waals surface area contributed by atoms with E-state index in [1.807, 2.05) is 0 Å². The molecular formula is C12H17FN2O2S. The van der Waals surface area contributed by atoms with Crippen molar-refractivity contribution in [3.05, 3.63) is 29.6 Å². The van der Waals surface area contributed by atoms with Gasteiger partial charge in [0.1, 0.15) is 5.82 Å². The zero-order valence-electron chi connectivity index (χ0n) is 10.3. The number of nitrogens with zero attached hydrogens (tertiary/aromatic N) is 1. The van der Waals surface area contributed by atoms with Gasteiger partial charge >= 0.3 is 0 Å². The van der Waals surface area contributed by atoms with Crippen molar-refractivity contribution in [3.63, 3.8) is 0 Å². The summed E-state index contributed by atoms with van der Waals surface area (Å²) in [4.78, 5) is 0. The first kappa shape index (κ1) is 13.3. The SMILES string of the molecule is CS(=O)(=O)N1CCC(c2c(N)cccc2F)CC1. The molecule has 0 aliphatic carbocycles. The molecule has 1 aliphatic heterocycles. The van der Waals surface area contributed by atoms with Crippen LogP contribution < -0.4 is 5.73 Å². The van der Waals surface area contributed by atoms with Crippen molar-refractivity contribution < 1.29 is 12.8 Å². The lowest BCUT2D eigenvalue weighted by atomic mass is 9.89. The molecule has 2 N–H and O–H groups in total. The molecule has 0 unspecified atom stereocenters. The normalized spacial score (nSPS) is 19.0. The molecule has 0 bridgehead atoms. The fourth-order valence-electron chi connectivity index (χ4n) is 2.46. The van der Waals surface area contributed by atoms with E-state index in [0.29, 0.717) is 37.2 Å². The van der Waals surface area contributed by atoms with Gasteiger partial charge in [-0.05, 0) is 30.9 Å². The fraction of sp³-hybridized carbons (Fsp3) is 0.500. The van der Waals surface area contributed by atoms with Crippen molar-refractivity contribution in [1.29, 1.82) is 0 Å². The second kappa shape index (κ2) is 4.85. The molecule has 18 heavy (non-hydrogen) atoms. The van der Waals surface area contributed by atoms with E-state index in [1.54, 1.807) is 12.1 Å². The molecule has 0 amide bonds. The number of nitrogen functional groups attached to an aromatic ring is 1. The molecule has 0 aromatic heterocycles. The second-order valence-corrected chi connectivity index (χ2v) is 6.66. The Morgan fingerprint density at radius 3 is 2.44 bits per heavy atom. The highest BCUT2D eigenvalue weighted by Gasteiger charge is 2.28. The highest BCUT2D eigenvalue weighted by molar-refractivity contribution is 7.88. The summed E-state index contributed by atoms with van der Waals surface area (Å²) < 4.78 is 38.0. The minimum absolute atomic E-state index is 0.00389. The Balaban J connectivity index is 2.15. The van der Waals surface area contributed by atoms with Gasteiger partial charge in [-0.25, -0.2) is 17.1 Å². The summed E-state index contributed by atoms with van der Waals surface area (Å²) in [6, 6.07) is 4.66. The number of halogens is 1. The van der Waals surface area contributed by atoms with E-state index in [0.717, 1.165) is 0 Å². The van der Waals surface area contributed by atoms with Gasteiger partial charge in [0.05, 0.1) is 6.26 Å². The molecule has 2 rings (SSSR count). The number of hydrogen-bond donors (Lipinski definition) is 1. The molecule has 1 fully saturated rings. The summed E-state index contributed by atoms with van der Waals surface area (Å²) in [5.41, 5.74) is 6.79. The van der Waals surface area contributed by atoms with Gasteiger partial charge in [-0.15, -0.1) is 0 Å². The predicted octanol–water partition coefficient (Wildman–Crippen LogP) is 1.55. The van der Waals surface area contributed by atoms with Crippen LogP contribution in [-0.4, -0.2) is 32.1 Å². The number of rotatable bonds is 2. The summed E-state index contributed by atoms with van der Waals surface area (Å²) in [6.45, 7) is 0.856. The molecular weight excluding hydrogens is 255 g/mol. The van der Waals surface area contributed by atoms with Crippen LogP contribution in [0, 0.1) is 5.82 Å². The third-order valence-corrected chi connectivity index (χ3v) is 4.72. The molecule has 100 valence electrons. The van der Waals surface area contributed by atoms with Crippen LogP contribution in [0.2, 0.25) is 0 Å². The minimum Gasteiger partial charge on any atom is -0.398 e. The topological polar surface area (TPSA) is 63.4 Å². The van der Waals surface area contributed by atoms with E-state index < -0.39 is 10.0 Å². The number of piperidine rings is 1. The highest BCUT2D eigenvalue weighted by Crippen LogP contribution is 2.33. The van der Waals surface area contributed by atoms with Crippen LogP contribution >= 0.6 is 0 Å². The summed E-state index contributed by atoms with van der Waals surface area (Å²) in [7, 11) is -3.14. The number of nitrogens with two attached hydrogens (primary N) is 1. The Labute approximate surface area is 107 Å². The molecule has 1 heterocycles. The number of sulfonamides is 1. The average Bonchev–Trinajstić information content (AvgIpc) is 2.28. The van der Waals surface area contributed by atoms with Gasteiger partial charge in [0.15, 0.2) is 0 Å². The lowest BCUT2D eigenvalue weighted by molar-refractivity contribution is 0.318. The van der Waals surface area contributed by atoms with E-state index in [2.05, 4.69) is 0 Å². The molecule has 1 saturated heterocycles. The van der Waals surface area contributed by atoms with E-state index >= 15 is 0 Å². The molecule has 0 radical (unpaired) electrons. The van der Waals surface area contributed by atoms with Gasteiger partial charge in [0.2, 0.25) is 10.0 Å². The summed E-state index contributed by atoms with van der Waals surface area (Å²) in [5, 5.41) is 0. The standard InChI is InChI=1S/C12H17FN2O2S/c1-18(16,17)15-7-5-9(6-8-15)12-10(13)3-2-4-11(12)14/h2-4,9H,5-8,14H2,1H3. The van der Waals surface area contributed by atoms with Crippen LogP contribution in [0.25, 0.3) is 0 Å². The summed E-state index contributed by atoms with van der Waals surface area (Å²) in [6.07, 6.45) is 2.42. The van der Waals surface area contributed by atoms with Crippen LogP contribution in [-0.2, 0) is 10.0 Å². The maximum Gasteiger partial charge on any atom is 0.211 e. The van der Waals surface area contributed by atoms with Gasteiger partial charge in [-0.1, -0.05) is 6.07 Å². The minimum atomic E-state index is -3.14. The maximum atomic E-state index is 13.8. The van der Waals surface area contributed by atoms with Crippen LogP contribution in [0.3, 0.4) is 0 Å². The van der Waals surface area contributed by atoms with Crippen molar-refractivity contribution >= 4 is 15.7 Å². The van der Waals surface area contributed by atoms with Crippen molar-refractivity contribution in [2.24, 2.45) is 0 Å². The number of anilines is 1. The Kier molecular flexibility index (Phi) is 3.59. The van der Waals surface area contributed by atoms with E-state index in [9.17, 15) is 12.8 Å². The monoisotopic (exact) mass is 272 g/mol. The van der Waals surface area contributed by atoms with Crippen LogP contribution in [0.15, 0.2) is 18.2 Å². The molecule has 1 aromatic rings. The Morgan fingerprint density at radius 2 is 1.94 bits per heavy atom. The lowest BCUT2D eigenvalue weighted by Crippen LogP contribution is -2.37. The molecule has 6 heteroatoms. The average molecular weight is 272 g/mol. The molecule has 1 aromatic carbocycles. The van der Waals surface area contributed by atoms with E-state index in [4.69, 9.17) is 5.73 Å². The largest absolute Gasteiger partial charge is 0.398 e. The highest BCUT2D eigenvalue weighted by atomic mass is 32.2. The first-order valence-electron chi connectivity index (χ1n) is 5.88. The van der Waals surface area contributed by atoms with Gasteiger partial charge in [-0.3, -0.25) is 0 Å². The van der Waals surface area contributed by atoms with Crippen LogP contribution in [0.5, 0.6) is 0 Å². The van der Waals surface area contributed by atoms with Crippen molar-refractivity contribution in [1.82, 2.24) is 4.31 Å². The summed E-state index contributed by atoms with van der Waals surface area (Å²) in [5.74, 6) is -0.294. The van der Waals surface area contributed by atoms with E-state index in [-0.39, 0.29) is 11.7 Å². The second-order valence-electron chi connectivity index (χ2n) is 4.68. The van der Waals surface area contributed by atoms with Gasteiger partial charge in [0, 0.05) is 24.3 Å². The number of hydrogen-bond acceptors (Lipinski definition) is 3. The molecule has 0 spiro atoms. The predicted molar refractivity (Wildman–Crippen MR) is 69.2 cm³/mol. The van der Waals surface area contributed by atoms with Gasteiger partial charge < -0.3 is 5.73 Å². The quantitative estimate of drug-likeness (QED) is 0.831. The van der Waals surface area contributed by atoms with Gasteiger partial charge in [-0.2, -0.15) is 0 Å². The zero-order chi connectivity index (χ0) is 13.3. The van der Waals surface area contributed by atoms with Crippen molar-refractivity contribution in [2.45, 2.75) is 18.8 Å². The maximum absolute atomic E-state index is 13.8. The molecule has 1 aliphatic rings. The Hall–Kier alpha value is -1.14. The Morgan fingerprint density at radius 1 is 1.33 bits per heavy atom. The third-order valence-electron chi connectivity index (χ3n) is 3.42. The molecule has 0 saturated carbocycles. The van der Waals surface area contributed by atoms with Crippen molar-refractivity contribution in [3.8, 4) is 0 Å². The summed E-state index contributed by atoms with van der Waals surface area (Å²) >= 11 is 0. The smallest absolute Gasteiger partial charge is 0.211 e. The van der Waals surface area contributed by atoms with Crippen LogP contribution in [0.4, 0.5) is 10.1 Å². The molecule has 0 atom stereocenters. The lowest BCUT2D eigenvalue weighted by Gasteiger charge is -2.31. The van der Waals surface area contributed by atoms with E-state index in [1.165, 1.54) is 16.6 Å². The number of benzene rings is 1. The van der Waals surface area contributed by atoms with Gasteiger partial charge in [0.25, 0.3) is 0 Å². The molecule has 4 nitrogen and oxygen atoms in total. The zero-order valence-corrected chi connectivity index (χ0v) is 11.1. The fourth-order valence-corrected chi connectivity index (χ4v) is 3.33. The third kappa shape index (κ3) is 2.64.